The first kappa shape index (κ1) is 14.4. The number of hydrogen-bond donors (Lipinski definition) is 1. The largest absolute Gasteiger partial charge is 0.365 e. The second-order valence-electron chi connectivity index (χ2n) is 4.47. The van der Waals surface area contributed by atoms with Crippen molar-refractivity contribution >= 4 is 17.3 Å². The minimum Gasteiger partial charge on any atom is -0.365 e. The fourth-order valence-electron chi connectivity index (χ4n) is 2.11. The lowest BCUT2D eigenvalue weighted by molar-refractivity contribution is 0.789. The number of anilines is 1. The summed E-state index contributed by atoms with van der Waals surface area (Å²) in [5.74, 6) is 0. The molecule has 2 N–H and O–H groups in total. The smallest absolute Gasteiger partial charge is 0.101 e. The van der Waals surface area contributed by atoms with Gasteiger partial charge in [0.1, 0.15) is 6.07 Å². The zero-order valence-corrected chi connectivity index (χ0v) is 11.8. The molecule has 2 aromatic carbocycles. The van der Waals surface area contributed by atoms with Gasteiger partial charge >= 0.3 is 0 Å². The summed E-state index contributed by atoms with van der Waals surface area (Å²) in [5, 5.41) is 9.86. The fourth-order valence-corrected chi connectivity index (χ4v) is 2.27. The molecule has 4 heteroatoms. The molecule has 0 saturated heterocycles. The molecule has 2 rings (SSSR count). The van der Waals surface area contributed by atoms with Crippen molar-refractivity contribution in [3.63, 3.8) is 0 Å². The Morgan fingerprint density at radius 2 is 1.90 bits per heavy atom. The molecule has 0 aliphatic carbocycles. The highest BCUT2D eigenvalue weighted by molar-refractivity contribution is 6.30. The van der Waals surface area contributed by atoms with Gasteiger partial charge in [0.2, 0.25) is 0 Å². The molecule has 20 heavy (non-hydrogen) atoms. The number of halogens is 1. The Balaban J connectivity index is 2.33. The molecule has 102 valence electrons. The molecule has 0 saturated carbocycles. The van der Waals surface area contributed by atoms with Gasteiger partial charge in [0, 0.05) is 24.7 Å². The second-order valence-corrected chi connectivity index (χ2v) is 4.91. The molecule has 0 atom stereocenters. The van der Waals surface area contributed by atoms with Crippen LogP contribution < -0.4 is 10.6 Å². The van der Waals surface area contributed by atoms with Crippen molar-refractivity contribution in [1.29, 1.82) is 5.26 Å². The standard InChI is InChI=1S/C16H16ClN3/c17-15-7-6-14(11-19)16(10-15)20(9-8-18)12-13-4-2-1-3-5-13/h1-7,10H,8-9,12,18H2. The summed E-state index contributed by atoms with van der Waals surface area (Å²) < 4.78 is 0. The molecule has 0 bridgehead atoms. The summed E-state index contributed by atoms with van der Waals surface area (Å²) in [6.45, 7) is 1.89. The quantitative estimate of drug-likeness (QED) is 0.918. The van der Waals surface area contributed by atoms with Crippen molar-refractivity contribution < 1.29 is 0 Å². The molecular formula is C16H16ClN3. The lowest BCUT2D eigenvalue weighted by Gasteiger charge is -2.25. The number of hydrogen-bond acceptors (Lipinski definition) is 3. The Kier molecular flexibility index (Phi) is 5.00. The van der Waals surface area contributed by atoms with Crippen molar-refractivity contribution in [1.82, 2.24) is 0 Å². The van der Waals surface area contributed by atoms with Gasteiger partial charge in [0.25, 0.3) is 0 Å². The Morgan fingerprint density at radius 1 is 1.15 bits per heavy atom. The summed E-state index contributed by atoms with van der Waals surface area (Å²) in [4.78, 5) is 2.08. The minimum atomic E-state index is 0.518. The van der Waals surface area contributed by atoms with E-state index in [2.05, 4.69) is 23.1 Å². The molecule has 0 fully saturated rings. The summed E-state index contributed by atoms with van der Waals surface area (Å²) >= 11 is 6.05. The average molecular weight is 286 g/mol. The first-order valence-electron chi connectivity index (χ1n) is 6.43. The molecule has 0 aliphatic heterocycles. The molecule has 0 unspecified atom stereocenters. The van der Waals surface area contributed by atoms with Crippen molar-refractivity contribution in [3.8, 4) is 6.07 Å². The SMILES string of the molecule is N#Cc1ccc(Cl)cc1N(CCN)Cc1ccccc1. The van der Waals surface area contributed by atoms with Crippen molar-refractivity contribution in [3.05, 3.63) is 64.7 Å². The third-order valence-electron chi connectivity index (χ3n) is 3.04. The topological polar surface area (TPSA) is 53.0 Å². The van der Waals surface area contributed by atoms with Crippen LogP contribution in [0.15, 0.2) is 48.5 Å². The van der Waals surface area contributed by atoms with Gasteiger partial charge in [-0.1, -0.05) is 41.9 Å². The summed E-state index contributed by atoms with van der Waals surface area (Å²) in [5.41, 5.74) is 8.30. The van der Waals surface area contributed by atoms with Crippen LogP contribution in [0.1, 0.15) is 11.1 Å². The van der Waals surface area contributed by atoms with E-state index in [1.54, 1.807) is 12.1 Å². The van der Waals surface area contributed by atoms with E-state index in [1.807, 2.05) is 24.3 Å². The predicted molar refractivity (Wildman–Crippen MR) is 82.7 cm³/mol. The van der Waals surface area contributed by atoms with Gasteiger partial charge in [-0.2, -0.15) is 5.26 Å². The van der Waals surface area contributed by atoms with E-state index < -0.39 is 0 Å². The van der Waals surface area contributed by atoms with Crippen LogP contribution in [0, 0.1) is 11.3 Å². The normalized spacial score (nSPS) is 10.1. The number of benzene rings is 2. The molecule has 0 heterocycles. The first-order valence-corrected chi connectivity index (χ1v) is 6.81. The average Bonchev–Trinajstić information content (AvgIpc) is 2.48. The first-order chi connectivity index (χ1) is 9.74. The van der Waals surface area contributed by atoms with Gasteiger partial charge in [-0.15, -0.1) is 0 Å². The number of nitrogens with two attached hydrogens (primary N) is 1. The highest BCUT2D eigenvalue weighted by Crippen LogP contribution is 2.25. The van der Waals surface area contributed by atoms with Gasteiger partial charge < -0.3 is 10.6 Å². The molecular weight excluding hydrogens is 270 g/mol. The van der Waals surface area contributed by atoms with E-state index in [1.165, 1.54) is 5.56 Å². The van der Waals surface area contributed by atoms with Crippen LogP contribution >= 0.6 is 11.6 Å². The van der Waals surface area contributed by atoms with E-state index in [-0.39, 0.29) is 0 Å². The lowest BCUT2D eigenvalue weighted by atomic mass is 10.1. The Morgan fingerprint density at radius 3 is 2.55 bits per heavy atom. The van der Waals surface area contributed by atoms with E-state index in [0.29, 0.717) is 30.2 Å². The molecule has 0 radical (unpaired) electrons. The van der Waals surface area contributed by atoms with Crippen LogP contribution in [-0.2, 0) is 6.54 Å². The molecule has 0 spiro atoms. The van der Waals surface area contributed by atoms with E-state index in [0.717, 1.165) is 5.69 Å². The zero-order chi connectivity index (χ0) is 14.4. The van der Waals surface area contributed by atoms with Crippen molar-refractivity contribution in [2.24, 2.45) is 5.73 Å². The molecule has 0 amide bonds. The van der Waals surface area contributed by atoms with Crippen LogP contribution in [0.25, 0.3) is 0 Å². The highest BCUT2D eigenvalue weighted by atomic mass is 35.5. The van der Waals surface area contributed by atoms with Gasteiger partial charge in [-0.3, -0.25) is 0 Å². The van der Waals surface area contributed by atoms with E-state index in [9.17, 15) is 5.26 Å². The van der Waals surface area contributed by atoms with Crippen LogP contribution in [0.4, 0.5) is 5.69 Å². The molecule has 2 aromatic rings. The molecule has 0 aromatic heterocycles. The Labute approximate surface area is 124 Å². The predicted octanol–water partition coefficient (Wildman–Crippen LogP) is 3.18. The highest BCUT2D eigenvalue weighted by Gasteiger charge is 2.12. The third kappa shape index (κ3) is 3.51. The summed E-state index contributed by atoms with van der Waals surface area (Å²) in [6.07, 6.45) is 0. The lowest BCUT2D eigenvalue weighted by Crippen LogP contribution is -2.29. The summed E-state index contributed by atoms with van der Waals surface area (Å²) in [7, 11) is 0. The third-order valence-corrected chi connectivity index (χ3v) is 3.27. The maximum absolute atomic E-state index is 9.24. The van der Waals surface area contributed by atoms with Crippen molar-refractivity contribution in [2.45, 2.75) is 6.54 Å². The van der Waals surface area contributed by atoms with Gasteiger partial charge in [-0.05, 0) is 23.8 Å². The maximum atomic E-state index is 9.24. The number of nitriles is 1. The minimum absolute atomic E-state index is 0.518. The van der Waals surface area contributed by atoms with Crippen LogP contribution in [0.5, 0.6) is 0 Å². The van der Waals surface area contributed by atoms with Gasteiger partial charge in [0.05, 0.1) is 11.3 Å². The molecule has 0 aliphatic rings. The number of rotatable bonds is 5. The second kappa shape index (κ2) is 6.95. The zero-order valence-electron chi connectivity index (χ0n) is 11.1. The Hall–Kier alpha value is -2.02. The van der Waals surface area contributed by atoms with Crippen LogP contribution in [-0.4, -0.2) is 13.1 Å². The van der Waals surface area contributed by atoms with Crippen LogP contribution in [0.2, 0.25) is 5.02 Å². The number of nitrogens with zero attached hydrogens (tertiary/aromatic N) is 2. The summed E-state index contributed by atoms with van der Waals surface area (Å²) in [6, 6.07) is 17.6. The monoisotopic (exact) mass is 285 g/mol. The van der Waals surface area contributed by atoms with Gasteiger partial charge in [0.15, 0.2) is 0 Å². The van der Waals surface area contributed by atoms with Crippen molar-refractivity contribution in [2.75, 3.05) is 18.0 Å². The van der Waals surface area contributed by atoms with Gasteiger partial charge in [-0.25, -0.2) is 0 Å². The van der Waals surface area contributed by atoms with E-state index in [4.69, 9.17) is 17.3 Å². The maximum Gasteiger partial charge on any atom is 0.101 e. The van der Waals surface area contributed by atoms with Crippen LogP contribution in [0.3, 0.4) is 0 Å². The molecule has 3 nitrogen and oxygen atoms in total. The fraction of sp³-hybridized carbons (Fsp3) is 0.188. The Bertz CT molecular complexity index is 605. The van der Waals surface area contributed by atoms with E-state index >= 15 is 0 Å².